The highest BCUT2D eigenvalue weighted by Gasteiger charge is 2.29. The van der Waals surface area contributed by atoms with Gasteiger partial charge in [0.05, 0.1) is 12.6 Å². The summed E-state index contributed by atoms with van der Waals surface area (Å²) in [5.74, 6) is 0.717. The number of ether oxygens (including phenoxy) is 2. The van der Waals surface area contributed by atoms with Crippen LogP contribution in [0, 0.1) is 0 Å². The third kappa shape index (κ3) is 7.21. The molecule has 0 spiro atoms. The molecular weight excluding hydrogens is 334 g/mol. The smallest absolute Gasteiger partial charge is 0.407 e. The molecule has 1 aromatic rings. The fraction of sp³-hybridized carbons (Fsp3) is 0.579. The first-order valence-corrected chi connectivity index (χ1v) is 8.83. The van der Waals surface area contributed by atoms with E-state index in [9.17, 15) is 9.59 Å². The number of amides is 3. The van der Waals surface area contributed by atoms with Crippen molar-refractivity contribution in [1.29, 1.82) is 0 Å². The van der Waals surface area contributed by atoms with E-state index in [1.165, 1.54) is 0 Å². The first kappa shape index (κ1) is 21.6. The van der Waals surface area contributed by atoms with Gasteiger partial charge in [0.25, 0.3) is 0 Å². The molecule has 0 aliphatic heterocycles. The van der Waals surface area contributed by atoms with E-state index < -0.39 is 17.2 Å². The minimum atomic E-state index is -0.565. The van der Waals surface area contributed by atoms with Crippen LogP contribution >= 0.6 is 0 Å². The van der Waals surface area contributed by atoms with Gasteiger partial charge in [0.15, 0.2) is 0 Å². The van der Waals surface area contributed by atoms with E-state index in [1.54, 1.807) is 52.1 Å². The average molecular weight is 365 g/mol. The molecule has 0 aliphatic rings. The van der Waals surface area contributed by atoms with Crippen molar-refractivity contribution >= 4 is 17.8 Å². The summed E-state index contributed by atoms with van der Waals surface area (Å²) in [5, 5.41) is 8.51. The van der Waals surface area contributed by atoms with Gasteiger partial charge in [0.1, 0.15) is 11.4 Å². The largest absolute Gasteiger partial charge is 0.497 e. The fourth-order valence-electron chi connectivity index (χ4n) is 2.35. The van der Waals surface area contributed by atoms with Gasteiger partial charge in [-0.3, -0.25) is 0 Å². The molecule has 0 radical (unpaired) electrons. The monoisotopic (exact) mass is 365 g/mol. The van der Waals surface area contributed by atoms with Crippen molar-refractivity contribution in [3.63, 3.8) is 0 Å². The van der Waals surface area contributed by atoms with Crippen LogP contribution in [-0.4, -0.2) is 36.9 Å². The highest BCUT2D eigenvalue weighted by atomic mass is 16.6. The molecule has 0 fully saturated rings. The number of hydrogen-bond acceptors (Lipinski definition) is 4. The number of urea groups is 1. The van der Waals surface area contributed by atoms with Crippen LogP contribution in [0.5, 0.6) is 5.75 Å². The molecule has 0 saturated carbocycles. The minimum absolute atomic E-state index is 0.283. The second-order valence-corrected chi connectivity index (χ2v) is 7.15. The predicted octanol–water partition coefficient (Wildman–Crippen LogP) is 3.90. The van der Waals surface area contributed by atoms with Crippen molar-refractivity contribution in [3.8, 4) is 5.75 Å². The molecule has 3 N–H and O–H groups in total. The second-order valence-electron chi connectivity index (χ2n) is 7.15. The predicted molar refractivity (Wildman–Crippen MR) is 103 cm³/mol. The summed E-state index contributed by atoms with van der Waals surface area (Å²) < 4.78 is 10.4. The molecule has 0 atom stereocenters. The summed E-state index contributed by atoms with van der Waals surface area (Å²) in [7, 11) is 1.59. The van der Waals surface area contributed by atoms with E-state index >= 15 is 0 Å². The normalized spacial score (nSPS) is 11.5. The van der Waals surface area contributed by atoms with Gasteiger partial charge >= 0.3 is 12.1 Å². The standard InChI is InChI=1S/C19H31N3O4/c1-7-19(8-2,13-20-17(24)26-18(3,4)5)22-16(23)21-14-9-11-15(25-6)12-10-14/h9-12H,7-8,13H2,1-6H3,(H,20,24)(H2,21,22,23). The summed E-state index contributed by atoms with van der Waals surface area (Å²) in [6, 6.07) is 6.73. The molecule has 0 heterocycles. The number of rotatable bonds is 7. The molecule has 26 heavy (non-hydrogen) atoms. The molecule has 146 valence electrons. The van der Waals surface area contributed by atoms with Crippen molar-refractivity contribution in [2.75, 3.05) is 19.0 Å². The zero-order valence-electron chi connectivity index (χ0n) is 16.6. The van der Waals surface area contributed by atoms with Crippen LogP contribution in [0.25, 0.3) is 0 Å². The van der Waals surface area contributed by atoms with E-state index in [2.05, 4.69) is 16.0 Å². The molecule has 0 unspecified atom stereocenters. The Balaban J connectivity index is 2.66. The molecular formula is C19H31N3O4. The number of benzene rings is 1. The van der Waals surface area contributed by atoms with Gasteiger partial charge in [-0.1, -0.05) is 13.8 Å². The Kier molecular flexibility index (Phi) is 7.74. The third-order valence-corrected chi connectivity index (χ3v) is 4.05. The van der Waals surface area contributed by atoms with Crippen molar-refractivity contribution < 1.29 is 19.1 Å². The van der Waals surface area contributed by atoms with Gasteiger partial charge in [-0.25, -0.2) is 9.59 Å². The Bertz CT molecular complexity index is 590. The minimum Gasteiger partial charge on any atom is -0.497 e. The summed E-state index contributed by atoms with van der Waals surface area (Å²) in [6.07, 6.45) is 0.825. The number of carbonyl (C=O) groups excluding carboxylic acids is 2. The van der Waals surface area contributed by atoms with Gasteiger partial charge < -0.3 is 25.4 Å². The van der Waals surface area contributed by atoms with Gasteiger partial charge in [-0.05, 0) is 57.9 Å². The lowest BCUT2D eigenvalue weighted by Gasteiger charge is -2.33. The van der Waals surface area contributed by atoms with Gasteiger partial charge in [0.2, 0.25) is 0 Å². The lowest BCUT2D eigenvalue weighted by Crippen LogP contribution is -2.56. The number of hydrogen-bond donors (Lipinski definition) is 3. The van der Waals surface area contributed by atoms with Crippen LogP contribution in [0.1, 0.15) is 47.5 Å². The average Bonchev–Trinajstić information content (AvgIpc) is 2.58. The lowest BCUT2D eigenvalue weighted by atomic mass is 9.93. The quantitative estimate of drug-likeness (QED) is 0.684. The third-order valence-electron chi connectivity index (χ3n) is 4.05. The topological polar surface area (TPSA) is 88.7 Å². The maximum Gasteiger partial charge on any atom is 0.407 e. The SMILES string of the molecule is CCC(CC)(CNC(=O)OC(C)(C)C)NC(=O)Nc1ccc(OC)cc1. The Morgan fingerprint density at radius 1 is 1.04 bits per heavy atom. The van der Waals surface area contributed by atoms with Crippen molar-refractivity contribution in [2.45, 2.75) is 58.6 Å². The molecule has 7 heteroatoms. The summed E-state index contributed by atoms with van der Waals surface area (Å²) in [4.78, 5) is 24.3. The number of alkyl carbamates (subject to hydrolysis) is 1. The Labute approximate surface area is 155 Å². The van der Waals surface area contributed by atoms with E-state index in [4.69, 9.17) is 9.47 Å². The molecule has 0 aliphatic carbocycles. The Hall–Kier alpha value is -2.44. The second kappa shape index (κ2) is 9.31. The zero-order valence-corrected chi connectivity index (χ0v) is 16.6. The number of anilines is 1. The molecule has 0 saturated heterocycles. The Morgan fingerprint density at radius 2 is 1.62 bits per heavy atom. The van der Waals surface area contributed by atoms with Crippen LogP contribution in [-0.2, 0) is 4.74 Å². The van der Waals surface area contributed by atoms with E-state index in [0.29, 0.717) is 24.3 Å². The zero-order chi connectivity index (χ0) is 19.8. The molecule has 0 bridgehead atoms. The molecule has 1 aromatic carbocycles. The van der Waals surface area contributed by atoms with Crippen molar-refractivity contribution in [1.82, 2.24) is 10.6 Å². The molecule has 3 amide bonds. The molecule has 1 rings (SSSR count). The summed E-state index contributed by atoms with van der Waals surface area (Å²) in [6.45, 7) is 9.63. The van der Waals surface area contributed by atoms with Crippen LogP contribution in [0.4, 0.5) is 15.3 Å². The summed E-state index contributed by atoms with van der Waals surface area (Å²) in [5.41, 5.74) is -0.470. The van der Waals surface area contributed by atoms with Gasteiger partial charge in [-0.2, -0.15) is 0 Å². The molecule has 7 nitrogen and oxygen atoms in total. The lowest BCUT2D eigenvalue weighted by molar-refractivity contribution is 0.0509. The van der Waals surface area contributed by atoms with E-state index in [1.807, 2.05) is 13.8 Å². The van der Waals surface area contributed by atoms with Gasteiger partial charge in [-0.15, -0.1) is 0 Å². The van der Waals surface area contributed by atoms with Crippen molar-refractivity contribution in [3.05, 3.63) is 24.3 Å². The van der Waals surface area contributed by atoms with Crippen molar-refractivity contribution in [2.24, 2.45) is 0 Å². The van der Waals surface area contributed by atoms with Crippen LogP contribution in [0.2, 0.25) is 0 Å². The Morgan fingerprint density at radius 3 is 2.08 bits per heavy atom. The van der Waals surface area contributed by atoms with Crippen LogP contribution in [0.15, 0.2) is 24.3 Å². The fourth-order valence-corrected chi connectivity index (χ4v) is 2.35. The maximum atomic E-state index is 12.4. The number of nitrogens with one attached hydrogen (secondary N) is 3. The maximum absolute atomic E-state index is 12.4. The number of carbonyl (C=O) groups is 2. The van der Waals surface area contributed by atoms with E-state index in [-0.39, 0.29) is 12.6 Å². The van der Waals surface area contributed by atoms with Crippen LogP contribution in [0.3, 0.4) is 0 Å². The number of methoxy groups -OCH3 is 1. The highest BCUT2D eigenvalue weighted by molar-refractivity contribution is 5.89. The summed E-state index contributed by atoms with van der Waals surface area (Å²) >= 11 is 0. The molecule has 0 aromatic heterocycles. The van der Waals surface area contributed by atoms with Crippen LogP contribution < -0.4 is 20.7 Å². The first-order chi connectivity index (χ1) is 12.1. The first-order valence-electron chi connectivity index (χ1n) is 8.83. The van der Waals surface area contributed by atoms with Gasteiger partial charge in [0, 0.05) is 12.2 Å². The van der Waals surface area contributed by atoms with E-state index in [0.717, 1.165) is 0 Å². The highest BCUT2D eigenvalue weighted by Crippen LogP contribution is 2.17.